The molecule has 0 radical (unpaired) electrons. The van der Waals surface area contributed by atoms with E-state index in [4.69, 9.17) is 0 Å². The molecule has 5 heteroatoms. The SMILES string of the molecule is C=C=CCCC(CC=O)(C(=O)OC)C(=O)OC. The zero-order valence-electron chi connectivity index (χ0n) is 10.0. The van der Waals surface area contributed by atoms with Crippen LogP contribution in [0.2, 0.25) is 0 Å². The highest BCUT2D eigenvalue weighted by atomic mass is 16.5. The van der Waals surface area contributed by atoms with Crippen molar-refractivity contribution in [2.24, 2.45) is 5.41 Å². The van der Waals surface area contributed by atoms with Gasteiger partial charge in [-0.2, -0.15) is 0 Å². The Morgan fingerprint density at radius 1 is 1.29 bits per heavy atom. The summed E-state index contributed by atoms with van der Waals surface area (Å²) in [6.45, 7) is 3.37. The molecular formula is C12H16O5. The maximum Gasteiger partial charge on any atom is 0.323 e. The number of ether oxygens (including phenoxy) is 2. The number of esters is 2. The predicted molar refractivity (Wildman–Crippen MR) is 60.1 cm³/mol. The van der Waals surface area contributed by atoms with Crippen molar-refractivity contribution in [3.05, 3.63) is 18.4 Å². The second-order valence-corrected chi connectivity index (χ2v) is 3.38. The molecule has 0 heterocycles. The molecule has 0 saturated heterocycles. The average Bonchev–Trinajstić information content (AvgIpc) is 2.35. The number of hydrogen-bond acceptors (Lipinski definition) is 5. The van der Waals surface area contributed by atoms with Crippen LogP contribution in [0.3, 0.4) is 0 Å². The van der Waals surface area contributed by atoms with Crippen LogP contribution < -0.4 is 0 Å². The van der Waals surface area contributed by atoms with Gasteiger partial charge in [0.2, 0.25) is 0 Å². The van der Waals surface area contributed by atoms with Crippen LogP contribution in [0.25, 0.3) is 0 Å². The van der Waals surface area contributed by atoms with Crippen molar-refractivity contribution in [2.45, 2.75) is 19.3 Å². The minimum absolute atomic E-state index is 0.119. The molecule has 0 saturated carbocycles. The third-order valence-corrected chi connectivity index (χ3v) is 2.44. The first-order chi connectivity index (χ1) is 8.08. The largest absolute Gasteiger partial charge is 0.468 e. The van der Waals surface area contributed by atoms with Gasteiger partial charge in [0.15, 0.2) is 5.41 Å². The zero-order valence-corrected chi connectivity index (χ0v) is 10.0. The quantitative estimate of drug-likeness (QED) is 0.288. The van der Waals surface area contributed by atoms with Gasteiger partial charge in [-0.1, -0.05) is 6.58 Å². The third kappa shape index (κ3) is 3.57. The Balaban J connectivity index is 5.21. The summed E-state index contributed by atoms with van der Waals surface area (Å²) in [5.74, 6) is -1.54. The van der Waals surface area contributed by atoms with E-state index in [9.17, 15) is 14.4 Å². The summed E-state index contributed by atoms with van der Waals surface area (Å²) in [4.78, 5) is 34.0. The lowest BCUT2D eigenvalue weighted by Crippen LogP contribution is -2.41. The molecule has 0 N–H and O–H groups in total. The van der Waals surface area contributed by atoms with Crippen LogP contribution in [0.15, 0.2) is 18.4 Å². The standard InChI is InChI=1S/C12H16O5/c1-4-5-6-7-12(8-9-13,10(14)16-2)11(15)17-3/h5,9H,1,6-8H2,2-3H3. The van der Waals surface area contributed by atoms with Crippen LogP contribution in [-0.4, -0.2) is 32.4 Å². The maximum atomic E-state index is 11.7. The molecule has 0 aliphatic heterocycles. The molecule has 0 spiro atoms. The minimum Gasteiger partial charge on any atom is -0.468 e. The molecular weight excluding hydrogens is 224 g/mol. The van der Waals surface area contributed by atoms with E-state index in [1.165, 1.54) is 0 Å². The highest BCUT2D eigenvalue weighted by molar-refractivity contribution is 6.01. The van der Waals surface area contributed by atoms with E-state index < -0.39 is 17.4 Å². The van der Waals surface area contributed by atoms with Gasteiger partial charge in [0.1, 0.15) is 6.29 Å². The van der Waals surface area contributed by atoms with Crippen molar-refractivity contribution in [3.63, 3.8) is 0 Å². The van der Waals surface area contributed by atoms with Crippen LogP contribution in [-0.2, 0) is 23.9 Å². The van der Waals surface area contributed by atoms with Gasteiger partial charge in [-0.25, -0.2) is 0 Å². The van der Waals surface area contributed by atoms with E-state index in [-0.39, 0.29) is 12.8 Å². The lowest BCUT2D eigenvalue weighted by atomic mass is 9.80. The van der Waals surface area contributed by atoms with E-state index in [0.717, 1.165) is 14.2 Å². The third-order valence-electron chi connectivity index (χ3n) is 2.44. The molecule has 0 bridgehead atoms. The van der Waals surface area contributed by atoms with Crippen LogP contribution in [0.1, 0.15) is 19.3 Å². The van der Waals surface area contributed by atoms with Crippen LogP contribution in [0.4, 0.5) is 0 Å². The topological polar surface area (TPSA) is 69.7 Å². The van der Waals surface area contributed by atoms with Crippen LogP contribution in [0.5, 0.6) is 0 Å². The Bertz CT molecular complexity index is 323. The van der Waals surface area contributed by atoms with Gasteiger partial charge in [-0.15, -0.1) is 5.73 Å². The van der Waals surface area contributed by atoms with Crippen molar-refractivity contribution >= 4 is 18.2 Å². The highest BCUT2D eigenvalue weighted by Crippen LogP contribution is 2.31. The summed E-state index contributed by atoms with van der Waals surface area (Å²) in [6, 6.07) is 0. The van der Waals surface area contributed by atoms with E-state index in [2.05, 4.69) is 21.8 Å². The fourth-order valence-corrected chi connectivity index (χ4v) is 1.51. The number of hydrogen-bond donors (Lipinski definition) is 0. The van der Waals surface area contributed by atoms with Gasteiger partial charge in [0.25, 0.3) is 0 Å². The van der Waals surface area contributed by atoms with Gasteiger partial charge in [-0.3, -0.25) is 9.59 Å². The van der Waals surface area contributed by atoms with Crippen molar-refractivity contribution in [2.75, 3.05) is 14.2 Å². The van der Waals surface area contributed by atoms with Crippen LogP contribution >= 0.6 is 0 Å². The summed E-state index contributed by atoms with van der Waals surface area (Å²) in [5, 5.41) is 0. The van der Waals surface area contributed by atoms with E-state index >= 15 is 0 Å². The fourth-order valence-electron chi connectivity index (χ4n) is 1.51. The van der Waals surface area contributed by atoms with E-state index in [1.54, 1.807) is 6.08 Å². The van der Waals surface area contributed by atoms with Gasteiger partial charge in [0.05, 0.1) is 14.2 Å². The molecule has 0 aliphatic carbocycles. The molecule has 0 aliphatic rings. The van der Waals surface area contributed by atoms with E-state index in [1.807, 2.05) is 0 Å². The number of rotatable bonds is 7. The molecule has 94 valence electrons. The number of aldehydes is 1. The molecule has 0 unspecified atom stereocenters. The number of carbonyl (C=O) groups excluding carboxylic acids is 3. The zero-order chi connectivity index (χ0) is 13.3. The number of allylic oxidation sites excluding steroid dienone is 1. The van der Waals surface area contributed by atoms with Gasteiger partial charge in [0, 0.05) is 6.42 Å². The lowest BCUT2D eigenvalue weighted by Gasteiger charge is -2.25. The second-order valence-electron chi connectivity index (χ2n) is 3.38. The molecule has 0 fully saturated rings. The highest BCUT2D eigenvalue weighted by Gasteiger charge is 2.47. The minimum atomic E-state index is -1.57. The molecule has 0 atom stereocenters. The van der Waals surface area contributed by atoms with Crippen molar-refractivity contribution < 1.29 is 23.9 Å². The number of methoxy groups -OCH3 is 2. The summed E-state index contributed by atoms with van der Waals surface area (Å²) in [7, 11) is 2.32. The van der Waals surface area contributed by atoms with Gasteiger partial charge in [-0.05, 0) is 18.9 Å². The van der Waals surface area contributed by atoms with Crippen LogP contribution in [0, 0.1) is 5.41 Å². The Morgan fingerprint density at radius 2 is 1.82 bits per heavy atom. The molecule has 0 aromatic heterocycles. The number of carbonyl (C=O) groups is 3. The predicted octanol–water partition coefficient (Wildman–Crippen LogP) is 1.03. The Hall–Kier alpha value is -1.87. The molecule has 0 aromatic rings. The summed E-state index contributed by atoms with van der Waals surface area (Å²) in [6.07, 6.45) is 2.31. The summed E-state index contributed by atoms with van der Waals surface area (Å²) < 4.78 is 9.15. The Labute approximate surface area is 100 Å². The van der Waals surface area contributed by atoms with Gasteiger partial charge >= 0.3 is 11.9 Å². The molecule has 5 nitrogen and oxygen atoms in total. The molecule has 17 heavy (non-hydrogen) atoms. The first-order valence-corrected chi connectivity index (χ1v) is 5.03. The normalized spacial score (nSPS) is 10.0. The van der Waals surface area contributed by atoms with Crippen molar-refractivity contribution in [1.82, 2.24) is 0 Å². The first-order valence-electron chi connectivity index (χ1n) is 5.03. The smallest absolute Gasteiger partial charge is 0.323 e. The second kappa shape index (κ2) is 7.41. The Morgan fingerprint density at radius 3 is 2.18 bits per heavy atom. The average molecular weight is 240 g/mol. The molecule has 0 aromatic carbocycles. The van der Waals surface area contributed by atoms with Crippen molar-refractivity contribution in [1.29, 1.82) is 0 Å². The van der Waals surface area contributed by atoms with E-state index in [0.29, 0.717) is 12.7 Å². The molecule has 0 amide bonds. The summed E-state index contributed by atoms with van der Waals surface area (Å²) in [5.41, 5.74) is 0.958. The fraction of sp³-hybridized carbons (Fsp3) is 0.500. The maximum absolute atomic E-state index is 11.7. The Kier molecular flexibility index (Phi) is 6.60. The van der Waals surface area contributed by atoms with Gasteiger partial charge < -0.3 is 14.3 Å². The lowest BCUT2D eigenvalue weighted by molar-refractivity contribution is -0.170. The molecule has 0 rings (SSSR count). The van der Waals surface area contributed by atoms with Crippen molar-refractivity contribution in [3.8, 4) is 0 Å². The monoisotopic (exact) mass is 240 g/mol. The first kappa shape index (κ1) is 15.1. The summed E-state index contributed by atoms with van der Waals surface area (Å²) >= 11 is 0.